The zero-order valence-corrected chi connectivity index (χ0v) is 10.5. The maximum Gasteiger partial charge on any atom is 0.229 e. The van der Waals surface area contributed by atoms with Crippen molar-refractivity contribution in [3.05, 3.63) is 46.4 Å². The van der Waals surface area contributed by atoms with E-state index in [1.807, 2.05) is 24.3 Å². The quantitative estimate of drug-likeness (QED) is 0.886. The first-order valence-corrected chi connectivity index (χ1v) is 6.70. The van der Waals surface area contributed by atoms with Gasteiger partial charge in [-0.3, -0.25) is 9.78 Å². The number of aromatic nitrogens is 1. The third kappa shape index (κ3) is 2.09. The van der Waals surface area contributed by atoms with Crippen LogP contribution in [0.5, 0.6) is 0 Å². The molecule has 1 aromatic heterocycles. The first-order valence-electron chi connectivity index (χ1n) is 5.82. The second-order valence-electron chi connectivity index (χ2n) is 4.21. The highest BCUT2D eigenvalue weighted by Gasteiger charge is 2.27. The number of hydrogen-bond acceptors (Lipinski definition) is 4. The highest BCUT2D eigenvalue weighted by molar-refractivity contribution is 7.09. The highest BCUT2D eigenvalue weighted by atomic mass is 32.1. The molecule has 1 aliphatic rings. The average Bonchev–Trinajstić information content (AvgIpc) is 3.05. The van der Waals surface area contributed by atoms with Gasteiger partial charge in [-0.2, -0.15) is 0 Å². The van der Waals surface area contributed by atoms with Crippen molar-refractivity contribution in [1.29, 1.82) is 0 Å². The number of rotatable bonds is 3. The van der Waals surface area contributed by atoms with Gasteiger partial charge in [0.1, 0.15) is 0 Å². The van der Waals surface area contributed by atoms with Crippen LogP contribution >= 0.6 is 11.3 Å². The lowest BCUT2D eigenvalue weighted by Gasteiger charge is -2.10. The largest absolute Gasteiger partial charge is 0.384 e. The van der Waals surface area contributed by atoms with Crippen LogP contribution in [0.4, 0.5) is 5.69 Å². The van der Waals surface area contributed by atoms with E-state index in [1.165, 1.54) is 0 Å². The van der Waals surface area contributed by atoms with Crippen molar-refractivity contribution in [1.82, 2.24) is 10.3 Å². The number of nitrogens with zero attached hydrogens (tertiary/aromatic N) is 1. The molecule has 0 saturated carbocycles. The molecular formula is C13H13N3OS. The number of anilines is 1. The van der Waals surface area contributed by atoms with Gasteiger partial charge in [0.25, 0.3) is 0 Å². The molecule has 0 saturated heterocycles. The van der Waals surface area contributed by atoms with Crippen molar-refractivity contribution in [2.75, 3.05) is 11.9 Å². The fraction of sp³-hybridized carbons (Fsp3) is 0.231. The Kier molecular flexibility index (Phi) is 2.98. The minimum atomic E-state index is -0.0888. The van der Waals surface area contributed by atoms with Crippen molar-refractivity contribution in [3.8, 4) is 0 Å². The molecule has 1 atom stereocenters. The molecule has 0 radical (unpaired) electrons. The van der Waals surface area contributed by atoms with Crippen LogP contribution in [0, 0.1) is 0 Å². The lowest BCUT2D eigenvalue weighted by atomic mass is 10.0. The number of carbonyl (C=O) groups is 1. The molecule has 0 spiro atoms. The normalized spacial score (nSPS) is 17.0. The third-order valence-corrected chi connectivity index (χ3v) is 3.85. The van der Waals surface area contributed by atoms with Gasteiger partial charge in [-0.15, -0.1) is 11.3 Å². The summed E-state index contributed by atoms with van der Waals surface area (Å²) in [7, 11) is 0. The van der Waals surface area contributed by atoms with Gasteiger partial charge in [-0.25, -0.2) is 0 Å². The fourth-order valence-corrected chi connectivity index (χ4v) is 2.68. The number of amides is 1. The van der Waals surface area contributed by atoms with Gasteiger partial charge in [-0.05, 0) is 11.6 Å². The zero-order chi connectivity index (χ0) is 12.4. The summed E-state index contributed by atoms with van der Waals surface area (Å²) in [5.74, 6) is -0.0185. The minimum Gasteiger partial charge on any atom is -0.384 e. The molecule has 0 aliphatic carbocycles. The molecule has 5 heteroatoms. The lowest BCUT2D eigenvalue weighted by molar-refractivity contribution is -0.122. The van der Waals surface area contributed by atoms with E-state index < -0.39 is 0 Å². The molecule has 2 N–H and O–H groups in total. The molecule has 3 rings (SSSR count). The van der Waals surface area contributed by atoms with E-state index in [-0.39, 0.29) is 11.8 Å². The van der Waals surface area contributed by atoms with Crippen LogP contribution in [0.3, 0.4) is 0 Å². The number of benzene rings is 1. The molecule has 1 amide bonds. The topological polar surface area (TPSA) is 54.0 Å². The molecule has 2 aromatic rings. The highest BCUT2D eigenvalue weighted by Crippen LogP contribution is 2.30. The van der Waals surface area contributed by atoms with Gasteiger partial charge in [0.15, 0.2) is 0 Å². The summed E-state index contributed by atoms with van der Waals surface area (Å²) >= 11 is 1.55. The lowest BCUT2D eigenvalue weighted by Crippen LogP contribution is -2.29. The number of carbonyl (C=O) groups excluding carboxylic acids is 1. The Morgan fingerprint density at radius 2 is 2.39 bits per heavy atom. The Morgan fingerprint density at radius 3 is 3.22 bits per heavy atom. The average molecular weight is 259 g/mol. The monoisotopic (exact) mass is 259 g/mol. The summed E-state index contributed by atoms with van der Waals surface area (Å²) in [5, 5.41) is 6.21. The summed E-state index contributed by atoms with van der Waals surface area (Å²) in [6.45, 7) is 1.23. The number of hydrogen-bond donors (Lipinski definition) is 2. The maximum atomic E-state index is 12.1. The summed E-state index contributed by atoms with van der Waals surface area (Å²) in [4.78, 5) is 17.2. The van der Waals surface area contributed by atoms with Crippen molar-refractivity contribution in [2.45, 2.75) is 12.5 Å². The van der Waals surface area contributed by atoms with Crippen molar-refractivity contribution >= 4 is 22.9 Å². The molecule has 92 valence electrons. The van der Waals surface area contributed by atoms with E-state index in [4.69, 9.17) is 0 Å². The predicted molar refractivity (Wildman–Crippen MR) is 71.6 cm³/mol. The van der Waals surface area contributed by atoms with Gasteiger partial charge < -0.3 is 10.6 Å². The van der Waals surface area contributed by atoms with Gasteiger partial charge in [-0.1, -0.05) is 18.2 Å². The maximum absolute atomic E-state index is 12.1. The van der Waals surface area contributed by atoms with E-state index in [0.29, 0.717) is 13.1 Å². The number of nitrogens with one attached hydrogen (secondary N) is 2. The first kappa shape index (κ1) is 11.2. The number of thiazole rings is 1. The van der Waals surface area contributed by atoms with Gasteiger partial charge in [0.2, 0.25) is 5.91 Å². The molecule has 1 unspecified atom stereocenters. The Labute approximate surface area is 109 Å². The second-order valence-corrected chi connectivity index (χ2v) is 5.18. The number of para-hydroxylation sites is 1. The standard InChI is InChI=1S/C13H13N3OS/c17-13(16-6-9-5-14-8-18-9)11-7-15-12-4-2-1-3-10(11)12/h1-5,8,11,15H,6-7H2,(H,16,17). The van der Waals surface area contributed by atoms with Crippen molar-refractivity contribution in [3.63, 3.8) is 0 Å². The van der Waals surface area contributed by atoms with E-state index in [9.17, 15) is 4.79 Å². The predicted octanol–water partition coefficient (Wildman–Crippen LogP) is 1.97. The fourth-order valence-electron chi connectivity index (χ4n) is 2.14. The Balaban J connectivity index is 1.67. The smallest absolute Gasteiger partial charge is 0.229 e. The van der Waals surface area contributed by atoms with Crippen LogP contribution in [0.15, 0.2) is 36.0 Å². The molecule has 0 bridgehead atoms. The molecule has 2 heterocycles. The first-order chi connectivity index (χ1) is 8.84. The van der Waals surface area contributed by atoms with Crippen molar-refractivity contribution in [2.24, 2.45) is 0 Å². The Bertz CT molecular complexity index is 553. The van der Waals surface area contributed by atoms with E-state index in [1.54, 1.807) is 23.0 Å². The van der Waals surface area contributed by atoms with Crippen LogP contribution in [0.2, 0.25) is 0 Å². The zero-order valence-electron chi connectivity index (χ0n) is 9.72. The molecule has 1 aromatic carbocycles. The van der Waals surface area contributed by atoms with Crippen LogP contribution in [0.1, 0.15) is 16.4 Å². The molecule has 0 fully saturated rings. The number of fused-ring (bicyclic) bond motifs is 1. The van der Waals surface area contributed by atoms with E-state index >= 15 is 0 Å². The van der Waals surface area contributed by atoms with Gasteiger partial charge in [0.05, 0.1) is 18.0 Å². The second kappa shape index (κ2) is 4.78. The van der Waals surface area contributed by atoms with Crippen molar-refractivity contribution < 1.29 is 4.79 Å². The van der Waals surface area contributed by atoms with Crippen LogP contribution in [-0.4, -0.2) is 17.4 Å². The minimum absolute atomic E-state index is 0.0702. The van der Waals surface area contributed by atoms with E-state index in [0.717, 1.165) is 16.1 Å². The van der Waals surface area contributed by atoms with Crippen LogP contribution in [0.25, 0.3) is 0 Å². The Hall–Kier alpha value is -1.88. The molecular weight excluding hydrogens is 246 g/mol. The molecule has 1 aliphatic heterocycles. The summed E-state index contributed by atoms with van der Waals surface area (Å²) in [5.41, 5.74) is 3.92. The van der Waals surface area contributed by atoms with Crippen LogP contribution in [-0.2, 0) is 11.3 Å². The SMILES string of the molecule is O=C(NCc1cncs1)C1CNc2ccccc21. The molecule has 4 nitrogen and oxygen atoms in total. The Morgan fingerprint density at radius 1 is 1.50 bits per heavy atom. The summed E-state index contributed by atoms with van der Waals surface area (Å²) in [6.07, 6.45) is 1.78. The summed E-state index contributed by atoms with van der Waals surface area (Å²) in [6, 6.07) is 7.96. The van der Waals surface area contributed by atoms with Crippen LogP contribution < -0.4 is 10.6 Å². The summed E-state index contributed by atoms with van der Waals surface area (Å²) < 4.78 is 0. The van der Waals surface area contributed by atoms with Gasteiger partial charge >= 0.3 is 0 Å². The molecule has 18 heavy (non-hydrogen) atoms. The third-order valence-electron chi connectivity index (χ3n) is 3.07. The van der Waals surface area contributed by atoms with E-state index in [2.05, 4.69) is 15.6 Å². The van der Waals surface area contributed by atoms with Gasteiger partial charge in [0, 0.05) is 23.3 Å².